The van der Waals surface area contributed by atoms with Crippen LogP contribution in [0.3, 0.4) is 0 Å². The first-order chi connectivity index (χ1) is 14.5. The fourth-order valence-electron chi connectivity index (χ4n) is 2.52. The average Bonchev–Trinajstić information content (AvgIpc) is 2.73. The van der Waals surface area contributed by atoms with Gasteiger partial charge in [0.05, 0.1) is 13.3 Å². The third-order valence-electron chi connectivity index (χ3n) is 4.10. The first-order valence-electron chi connectivity index (χ1n) is 8.83. The highest BCUT2D eigenvalue weighted by Gasteiger charge is 2.08. The van der Waals surface area contributed by atoms with Gasteiger partial charge in [0.15, 0.2) is 11.5 Å². The van der Waals surface area contributed by atoms with Crippen molar-refractivity contribution in [2.24, 2.45) is 5.10 Å². The number of hydrazone groups is 1. The summed E-state index contributed by atoms with van der Waals surface area (Å²) in [6.07, 6.45) is 1.49. The molecule has 3 rings (SSSR count). The molecule has 0 spiro atoms. The molecule has 2 N–H and O–H groups in total. The van der Waals surface area contributed by atoms with Gasteiger partial charge in [-0.1, -0.05) is 29.3 Å². The van der Waals surface area contributed by atoms with Crippen LogP contribution in [0.5, 0.6) is 17.2 Å². The zero-order valence-corrected chi connectivity index (χ0v) is 17.4. The second kappa shape index (κ2) is 10.0. The third kappa shape index (κ3) is 5.65. The monoisotopic (exact) mass is 444 g/mol. The van der Waals surface area contributed by atoms with E-state index in [1.807, 2.05) is 0 Å². The number of benzene rings is 3. The van der Waals surface area contributed by atoms with Crippen LogP contribution in [0.2, 0.25) is 10.0 Å². The molecule has 3 aromatic rings. The third-order valence-corrected chi connectivity index (χ3v) is 4.68. The maximum absolute atomic E-state index is 12.1. The van der Waals surface area contributed by atoms with Gasteiger partial charge in [-0.05, 0) is 60.2 Å². The number of carbonyl (C=O) groups excluding carboxylic acids is 1. The normalized spacial score (nSPS) is 10.8. The number of aromatic hydroxyl groups is 1. The van der Waals surface area contributed by atoms with E-state index in [0.717, 1.165) is 5.56 Å². The molecule has 0 saturated carbocycles. The van der Waals surface area contributed by atoms with E-state index in [1.54, 1.807) is 43.5 Å². The van der Waals surface area contributed by atoms with Crippen molar-refractivity contribution in [1.29, 1.82) is 0 Å². The second-order valence-electron chi connectivity index (χ2n) is 6.18. The summed E-state index contributed by atoms with van der Waals surface area (Å²) in [4.78, 5) is 12.1. The van der Waals surface area contributed by atoms with Gasteiger partial charge < -0.3 is 14.6 Å². The van der Waals surface area contributed by atoms with Crippen molar-refractivity contribution in [2.45, 2.75) is 6.61 Å². The van der Waals surface area contributed by atoms with Crippen LogP contribution in [-0.2, 0) is 6.61 Å². The van der Waals surface area contributed by atoms with Gasteiger partial charge in [0, 0.05) is 21.2 Å². The summed E-state index contributed by atoms with van der Waals surface area (Å²) >= 11 is 12.1. The van der Waals surface area contributed by atoms with E-state index in [-0.39, 0.29) is 12.4 Å². The molecular weight excluding hydrogens is 427 g/mol. The molecule has 0 aromatic heterocycles. The summed E-state index contributed by atoms with van der Waals surface area (Å²) < 4.78 is 11.2. The molecule has 154 valence electrons. The topological polar surface area (TPSA) is 80.2 Å². The summed E-state index contributed by atoms with van der Waals surface area (Å²) in [5, 5.41) is 14.3. The lowest BCUT2D eigenvalue weighted by atomic mass is 10.2. The van der Waals surface area contributed by atoms with Crippen molar-refractivity contribution in [3.8, 4) is 17.2 Å². The molecule has 0 fully saturated rings. The SMILES string of the molecule is COc1ccc(/C=N/NC(=O)c2ccc(O)cc2)cc1OCc1ccc(Cl)cc1Cl. The lowest BCUT2D eigenvalue weighted by Crippen LogP contribution is -2.17. The Morgan fingerprint density at radius 1 is 1.07 bits per heavy atom. The van der Waals surface area contributed by atoms with Crippen molar-refractivity contribution in [3.05, 3.63) is 87.4 Å². The number of carbonyl (C=O) groups is 1. The molecule has 1 amide bonds. The fraction of sp³-hybridized carbons (Fsp3) is 0.0909. The molecule has 0 unspecified atom stereocenters. The quantitative estimate of drug-likeness (QED) is 0.394. The molecule has 0 aliphatic carbocycles. The number of nitrogens with one attached hydrogen (secondary N) is 1. The molecule has 0 bridgehead atoms. The van der Waals surface area contributed by atoms with Gasteiger partial charge >= 0.3 is 0 Å². The van der Waals surface area contributed by atoms with Gasteiger partial charge in [-0.2, -0.15) is 5.10 Å². The van der Waals surface area contributed by atoms with Crippen molar-refractivity contribution >= 4 is 35.3 Å². The van der Waals surface area contributed by atoms with E-state index in [9.17, 15) is 9.90 Å². The van der Waals surface area contributed by atoms with Crippen molar-refractivity contribution in [3.63, 3.8) is 0 Å². The minimum absolute atomic E-state index is 0.0840. The number of phenols is 1. The molecular formula is C22H18Cl2N2O4. The Kier molecular flexibility index (Phi) is 7.17. The number of hydrogen-bond donors (Lipinski definition) is 2. The van der Waals surface area contributed by atoms with Crippen molar-refractivity contribution in [2.75, 3.05) is 7.11 Å². The van der Waals surface area contributed by atoms with Crippen LogP contribution >= 0.6 is 23.2 Å². The number of amides is 1. The number of rotatable bonds is 7. The predicted molar refractivity (Wildman–Crippen MR) is 117 cm³/mol. The Morgan fingerprint density at radius 3 is 2.53 bits per heavy atom. The Labute approximate surface area is 183 Å². The minimum Gasteiger partial charge on any atom is -0.508 e. The Morgan fingerprint density at radius 2 is 1.83 bits per heavy atom. The zero-order valence-electron chi connectivity index (χ0n) is 15.9. The molecule has 3 aromatic carbocycles. The Bertz CT molecular complexity index is 1070. The number of phenolic OH excluding ortho intramolecular Hbond substituents is 1. The highest BCUT2D eigenvalue weighted by Crippen LogP contribution is 2.29. The molecule has 0 radical (unpaired) electrons. The molecule has 8 heteroatoms. The molecule has 30 heavy (non-hydrogen) atoms. The molecule has 0 saturated heterocycles. The zero-order chi connectivity index (χ0) is 21.5. The summed E-state index contributed by atoms with van der Waals surface area (Å²) in [5.41, 5.74) is 4.29. The van der Waals surface area contributed by atoms with Crippen LogP contribution in [0, 0.1) is 0 Å². The van der Waals surface area contributed by atoms with Crippen LogP contribution < -0.4 is 14.9 Å². The van der Waals surface area contributed by atoms with E-state index >= 15 is 0 Å². The van der Waals surface area contributed by atoms with E-state index in [2.05, 4.69) is 10.5 Å². The van der Waals surface area contributed by atoms with Crippen molar-refractivity contribution < 1.29 is 19.4 Å². The van der Waals surface area contributed by atoms with Crippen LogP contribution in [0.25, 0.3) is 0 Å². The first-order valence-corrected chi connectivity index (χ1v) is 9.59. The molecule has 6 nitrogen and oxygen atoms in total. The average molecular weight is 445 g/mol. The lowest BCUT2D eigenvalue weighted by Gasteiger charge is -2.12. The predicted octanol–water partition coefficient (Wildman–Crippen LogP) is 5.05. The van der Waals surface area contributed by atoms with Crippen LogP contribution in [-0.4, -0.2) is 24.3 Å². The van der Waals surface area contributed by atoms with Crippen LogP contribution in [0.15, 0.2) is 65.8 Å². The largest absolute Gasteiger partial charge is 0.508 e. The van der Waals surface area contributed by atoms with Gasteiger partial charge in [-0.15, -0.1) is 0 Å². The molecule has 0 heterocycles. The van der Waals surface area contributed by atoms with Gasteiger partial charge in [0.25, 0.3) is 5.91 Å². The fourth-order valence-corrected chi connectivity index (χ4v) is 2.99. The molecule has 0 aliphatic rings. The molecule has 0 atom stereocenters. The maximum atomic E-state index is 12.1. The van der Waals surface area contributed by atoms with Gasteiger partial charge in [-0.3, -0.25) is 4.79 Å². The Balaban J connectivity index is 1.68. The number of halogens is 2. The van der Waals surface area contributed by atoms with Crippen LogP contribution in [0.4, 0.5) is 0 Å². The summed E-state index contributed by atoms with van der Waals surface area (Å²) in [6, 6.07) is 16.3. The highest BCUT2D eigenvalue weighted by atomic mass is 35.5. The van der Waals surface area contributed by atoms with Crippen molar-refractivity contribution in [1.82, 2.24) is 5.43 Å². The van der Waals surface area contributed by atoms with Gasteiger partial charge in [0.1, 0.15) is 12.4 Å². The lowest BCUT2D eigenvalue weighted by molar-refractivity contribution is 0.0955. The van der Waals surface area contributed by atoms with E-state index in [1.165, 1.54) is 30.5 Å². The number of hydrogen-bond acceptors (Lipinski definition) is 5. The highest BCUT2D eigenvalue weighted by molar-refractivity contribution is 6.35. The van der Waals surface area contributed by atoms with Gasteiger partial charge in [-0.25, -0.2) is 5.43 Å². The second-order valence-corrected chi connectivity index (χ2v) is 7.02. The molecule has 0 aliphatic heterocycles. The van der Waals surface area contributed by atoms with E-state index < -0.39 is 5.91 Å². The van der Waals surface area contributed by atoms with E-state index in [0.29, 0.717) is 32.7 Å². The number of ether oxygens (including phenoxy) is 2. The van der Waals surface area contributed by atoms with Gasteiger partial charge in [0.2, 0.25) is 0 Å². The van der Waals surface area contributed by atoms with Crippen LogP contribution in [0.1, 0.15) is 21.5 Å². The number of nitrogens with zero attached hydrogens (tertiary/aromatic N) is 1. The minimum atomic E-state index is -0.395. The first kappa shape index (κ1) is 21.5. The Hall–Kier alpha value is -3.22. The summed E-state index contributed by atoms with van der Waals surface area (Å²) in [5.74, 6) is 0.733. The summed E-state index contributed by atoms with van der Waals surface area (Å²) in [7, 11) is 1.54. The summed E-state index contributed by atoms with van der Waals surface area (Å²) in [6.45, 7) is 0.227. The smallest absolute Gasteiger partial charge is 0.271 e. The maximum Gasteiger partial charge on any atom is 0.271 e. The number of methoxy groups -OCH3 is 1. The standard InChI is InChI=1S/C22H18Cl2N2O4/c1-29-20-9-2-14(12-25-26-22(28)15-4-7-18(27)8-5-15)10-21(20)30-13-16-3-6-17(23)11-19(16)24/h2-12,27H,13H2,1H3,(H,26,28)/b25-12+. The van der Waals surface area contributed by atoms with E-state index in [4.69, 9.17) is 32.7 Å².